The molecule has 0 aliphatic heterocycles. The van der Waals surface area contributed by atoms with Gasteiger partial charge in [-0.25, -0.2) is 4.98 Å². The van der Waals surface area contributed by atoms with Crippen molar-refractivity contribution in [3.63, 3.8) is 0 Å². The summed E-state index contributed by atoms with van der Waals surface area (Å²) >= 11 is 0.620. The Kier molecular flexibility index (Phi) is 6.22. The van der Waals surface area contributed by atoms with Gasteiger partial charge in [-0.2, -0.15) is 18.3 Å². The highest BCUT2D eigenvalue weighted by Gasteiger charge is 2.35. The van der Waals surface area contributed by atoms with Gasteiger partial charge in [-0.3, -0.25) is 24.4 Å². The van der Waals surface area contributed by atoms with Crippen LogP contribution in [-0.2, 0) is 11.0 Å². The normalized spacial score (nSPS) is 12.5. The van der Waals surface area contributed by atoms with Crippen molar-refractivity contribution in [1.29, 1.82) is 0 Å². The first-order chi connectivity index (χ1) is 16.9. The smallest absolute Gasteiger partial charge is 0.365 e. The summed E-state index contributed by atoms with van der Waals surface area (Å²) in [5, 5.41) is 17.7. The maximum Gasteiger partial charge on any atom is 0.433 e. The number of nitrogens with one attached hydrogen (secondary N) is 1. The van der Waals surface area contributed by atoms with Crippen LogP contribution in [-0.4, -0.2) is 31.5 Å². The third-order valence-corrected chi connectivity index (χ3v) is 6.57. The number of aromatic nitrogens is 3. The SMILES string of the molecule is Cc1c([N+](=O)[O-])cnn1C(C)C(=O)Nc1c(C(N)=O)sc2nc(C(F)(F)F)cc(-c3ccccc3)c12. The molecule has 0 saturated heterocycles. The average Bonchev–Trinajstić information content (AvgIpc) is 3.38. The van der Waals surface area contributed by atoms with E-state index in [1.165, 1.54) is 13.8 Å². The molecule has 4 rings (SSSR count). The monoisotopic (exact) mass is 518 g/mol. The highest BCUT2D eigenvalue weighted by atomic mass is 32.1. The van der Waals surface area contributed by atoms with Gasteiger partial charge in [-0.1, -0.05) is 30.3 Å². The van der Waals surface area contributed by atoms with E-state index in [-0.39, 0.29) is 37.7 Å². The number of carbonyl (C=O) groups excluding carboxylic acids is 2. The molecule has 0 fully saturated rings. The van der Waals surface area contributed by atoms with Crippen molar-refractivity contribution in [3.8, 4) is 11.1 Å². The molecule has 0 radical (unpaired) electrons. The summed E-state index contributed by atoms with van der Waals surface area (Å²) in [7, 11) is 0. The Morgan fingerprint density at radius 1 is 1.25 bits per heavy atom. The number of hydrogen-bond acceptors (Lipinski definition) is 7. The molecule has 0 saturated carbocycles. The van der Waals surface area contributed by atoms with E-state index in [1.807, 2.05) is 0 Å². The number of pyridine rings is 1. The Labute approximate surface area is 204 Å². The van der Waals surface area contributed by atoms with Crippen LogP contribution >= 0.6 is 11.3 Å². The van der Waals surface area contributed by atoms with Crippen LogP contribution in [0.15, 0.2) is 42.6 Å². The average molecular weight is 518 g/mol. The second-order valence-electron chi connectivity index (χ2n) is 7.75. The summed E-state index contributed by atoms with van der Waals surface area (Å²) in [6.07, 6.45) is -3.76. The number of halogens is 3. The molecule has 0 aliphatic carbocycles. The van der Waals surface area contributed by atoms with Crippen molar-refractivity contribution in [1.82, 2.24) is 14.8 Å². The van der Waals surface area contributed by atoms with Crippen LogP contribution < -0.4 is 11.1 Å². The summed E-state index contributed by atoms with van der Waals surface area (Å²) in [4.78, 5) is 39.2. The van der Waals surface area contributed by atoms with Crippen molar-refractivity contribution in [2.24, 2.45) is 5.73 Å². The molecule has 0 aliphatic rings. The number of hydrogen-bond donors (Lipinski definition) is 2. The Balaban J connectivity index is 1.89. The van der Waals surface area contributed by atoms with Crippen molar-refractivity contribution >= 4 is 44.7 Å². The van der Waals surface area contributed by atoms with Gasteiger partial charge in [0.2, 0.25) is 5.91 Å². The van der Waals surface area contributed by atoms with Crippen LogP contribution in [0, 0.1) is 17.0 Å². The van der Waals surface area contributed by atoms with E-state index in [0.29, 0.717) is 16.9 Å². The summed E-state index contributed by atoms with van der Waals surface area (Å²) in [6.45, 7) is 2.84. The van der Waals surface area contributed by atoms with Gasteiger partial charge in [0.1, 0.15) is 33.3 Å². The number of nitrogens with zero attached hydrogens (tertiary/aromatic N) is 4. The molecule has 36 heavy (non-hydrogen) atoms. The van der Waals surface area contributed by atoms with E-state index in [0.717, 1.165) is 16.9 Å². The van der Waals surface area contributed by atoms with E-state index < -0.39 is 34.6 Å². The number of primary amides is 1. The molecule has 3 aromatic heterocycles. The van der Waals surface area contributed by atoms with Crippen LogP contribution in [0.25, 0.3) is 21.3 Å². The standard InChI is InChI=1S/C22H17F3N6O4S/c1-10-14(31(34)35)9-27-30(10)11(2)20(33)29-17-16-13(12-6-4-3-5-7-12)8-15(22(23,24)25)28-21(16)36-18(17)19(26)32/h3-9,11H,1-2H3,(H2,26,32)(H,29,33). The van der Waals surface area contributed by atoms with E-state index in [4.69, 9.17) is 5.73 Å². The number of benzene rings is 1. The van der Waals surface area contributed by atoms with Crippen LogP contribution in [0.5, 0.6) is 0 Å². The van der Waals surface area contributed by atoms with Gasteiger partial charge in [0.25, 0.3) is 5.91 Å². The predicted molar refractivity (Wildman–Crippen MR) is 126 cm³/mol. The molecule has 4 aromatic rings. The summed E-state index contributed by atoms with van der Waals surface area (Å²) in [5.41, 5.74) is 4.54. The van der Waals surface area contributed by atoms with Gasteiger partial charge in [-0.05, 0) is 31.0 Å². The molecule has 3 N–H and O–H groups in total. The number of fused-ring (bicyclic) bond motifs is 1. The van der Waals surface area contributed by atoms with Gasteiger partial charge >= 0.3 is 11.9 Å². The highest BCUT2D eigenvalue weighted by molar-refractivity contribution is 7.21. The maximum atomic E-state index is 13.6. The molecule has 14 heteroatoms. The number of amides is 2. The van der Waals surface area contributed by atoms with E-state index in [9.17, 15) is 32.9 Å². The van der Waals surface area contributed by atoms with Gasteiger partial charge < -0.3 is 11.1 Å². The first-order valence-electron chi connectivity index (χ1n) is 10.3. The largest absolute Gasteiger partial charge is 0.433 e. The number of rotatable bonds is 6. The zero-order chi connectivity index (χ0) is 26.4. The third-order valence-electron chi connectivity index (χ3n) is 5.47. The molecule has 1 unspecified atom stereocenters. The lowest BCUT2D eigenvalue weighted by atomic mass is 10.0. The fraction of sp³-hybridized carbons (Fsp3) is 0.182. The Morgan fingerprint density at radius 2 is 1.92 bits per heavy atom. The van der Waals surface area contributed by atoms with E-state index in [2.05, 4.69) is 15.4 Å². The fourth-order valence-corrected chi connectivity index (χ4v) is 4.71. The molecule has 186 valence electrons. The van der Waals surface area contributed by atoms with Gasteiger partial charge in [0.05, 0.1) is 10.6 Å². The van der Waals surface area contributed by atoms with Gasteiger partial charge in [0, 0.05) is 5.39 Å². The zero-order valence-corrected chi connectivity index (χ0v) is 19.5. The maximum absolute atomic E-state index is 13.6. The number of nitrogens with two attached hydrogens (primary N) is 1. The second-order valence-corrected chi connectivity index (χ2v) is 8.75. The van der Waals surface area contributed by atoms with Crippen LogP contribution in [0.2, 0.25) is 0 Å². The minimum Gasteiger partial charge on any atom is -0.365 e. The fourth-order valence-electron chi connectivity index (χ4n) is 3.70. The van der Waals surface area contributed by atoms with Crippen LogP contribution in [0.3, 0.4) is 0 Å². The van der Waals surface area contributed by atoms with Crippen LogP contribution in [0.4, 0.5) is 24.5 Å². The Hall–Kier alpha value is -4.33. The molecule has 3 heterocycles. The lowest BCUT2D eigenvalue weighted by Gasteiger charge is -2.16. The quantitative estimate of drug-likeness (QED) is 0.280. The minimum absolute atomic E-state index is 0.0885. The van der Waals surface area contributed by atoms with Crippen LogP contribution in [0.1, 0.15) is 34.0 Å². The molecule has 0 spiro atoms. The number of thiophene rings is 1. The van der Waals surface area contributed by atoms with E-state index in [1.54, 1.807) is 30.3 Å². The molecule has 1 aromatic carbocycles. The number of nitro groups is 1. The van der Waals surface area contributed by atoms with E-state index >= 15 is 0 Å². The van der Waals surface area contributed by atoms with Crippen molar-refractivity contribution in [3.05, 3.63) is 69.0 Å². The third kappa shape index (κ3) is 4.37. The molecular weight excluding hydrogens is 501 g/mol. The van der Waals surface area contributed by atoms with Crippen molar-refractivity contribution in [2.45, 2.75) is 26.1 Å². The summed E-state index contributed by atoms with van der Waals surface area (Å²) in [5.74, 6) is -1.70. The molecule has 0 bridgehead atoms. The lowest BCUT2D eigenvalue weighted by Crippen LogP contribution is -2.26. The molecular formula is C22H17F3N6O4S. The Morgan fingerprint density at radius 3 is 2.47 bits per heavy atom. The minimum atomic E-state index is -4.77. The van der Waals surface area contributed by atoms with Crippen molar-refractivity contribution in [2.75, 3.05) is 5.32 Å². The number of carbonyl (C=O) groups is 2. The molecule has 1 atom stereocenters. The number of anilines is 1. The topological polar surface area (TPSA) is 146 Å². The van der Waals surface area contributed by atoms with Crippen molar-refractivity contribution < 1.29 is 27.7 Å². The number of alkyl halides is 3. The zero-order valence-electron chi connectivity index (χ0n) is 18.7. The first-order valence-corrected chi connectivity index (χ1v) is 11.1. The molecule has 10 nitrogen and oxygen atoms in total. The Bertz CT molecular complexity index is 1510. The summed E-state index contributed by atoms with van der Waals surface area (Å²) in [6, 6.07) is 7.87. The molecule has 2 amide bonds. The highest BCUT2D eigenvalue weighted by Crippen LogP contribution is 2.43. The predicted octanol–water partition coefficient (Wildman–Crippen LogP) is 4.69. The van der Waals surface area contributed by atoms with Gasteiger partial charge in [0.15, 0.2) is 0 Å². The van der Waals surface area contributed by atoms with Gasteiger partial charge in [-0.15, -0.1) is 11.3 Å². The summed E-state index contributed by atoms with van der Waals surface area (Å²) < 4.78 is 41.9. The first kappa shape index (κ1) is 24.8. The lowest BCUT2D eigenvalue weighted by molar-refractivity contribution is -0.385. The second kappa shape index (κ2) is 9.03.